The molecule has 1 atom stereocenters. The Morgan fingerprint density at radius 2 is 2.30 bits per heavy atom. The number of thioether (sulfide) groups is 1. The third-order valence-corrected chi connectivity index (χ3v) is 4.01. The van der Waals surface area contributed by atoms with Crippen LogP contribution in [-0.2, 0) is 4.79 Å². The molecule has 0 saturated carbocycles. The summed E-state index contributed by atoms with van der Waals surface area (Å²) in [5.41, 5.74) is 5.37. The Morgan fingerprint density at radius 3 is 2.40 bits per heavy atom. The fourth-order valence-electron chi connectivity index (χ4n) is 0.721. The Bertz CT molecular complexity index is 158. The van der Waals surface area contributed by atoms with Crippen LogP contribution in [0.2, 0.25) is 0 Å². The van der Waals surface area contributed by atoms with Gasteiger partial charge in [0.2, 0.25) is 0 Å². The molecule has 0 bridgehead atoms. The second-order valence-corrected chi connectivity index (χ2v) is 4.29. The van der Waals surface area contributed by atoms with Crippen molar-refractivity contribution in [2.24, 2.45) is 5.73 Å². The van der Waals surface area contributed by atoms with Crippen molar-refractivity contribution in [1.82, 2.24) is 0 Å². The van der Waals surface area contributed by atoms with Gasteiger partial charge in [-0.25, -0.2) is 0 Å². The van der Waals surface area contributed by atoms with Crippen molar-refractivity contribution >= 4 is 30.4 Å². The minimum atomic E-state index is -0.963. The first-order chi connectivity index (χ1) is 4.56. The minimum Gasteiger partial charge on any atom is -0.480 e. The van der Waals surface area contributed by atoms with E-state index in [0.29, 0.717) is 0 Å². The second-order valence-electron chi connectivity index (χ2n) is 2.41. The first-order valence-electron chi connectivity index (χ1n) is 2.85. The number of nitrogens with two attached hydrogens (primary N) is 1. The molecule has 1 heterocycles. The van der Waals surface area contributed by atoms with Gasteiger partial charge in [-0.1, -0.05) is 0 Å². The van der Waals surface area contributed by atoms with Gasteiger partial charge in [0.25, 0.3) is 0 Å². The molecule has 0 aromatic heterocycles. The van der Waals surface area contributed by atoms with Gasteiger partial charge < -0.3 is 10.8 Å². The Kier molecular flexibility index (Phi) is 2.17. The van der Waals surface area contributed by atoms with Crippen LogP contribution in [0.25, 0.3) is 0 Å². The highest BCUT2D eigenvalue weighted by Crippen LogP contribution is 2.37. The van der Waals surface area contributed by atoms with Gasteiger partial charge in [-0.05, 0) is 0 Å². The highest BCUT2D eigenvalue weighted by atomic mass is 32.2. The molecule has 0 spiro atoms. The summed E-state index contributed by atoms with van der Waals surface area (Å²) in [4.78, 5) is 10.4. The lowest BCUT2D eigenvalue weighted by Gasteiger charge is -2.39. The molecule has 0 radical (unpaired) electrons. The molecule has 0 aromatic rings. The van der Waals surface area contributed by atoms with Crippen LogP contribution in [0.15, 0.2) is 0 Å². The maximum atomic E-state index is 10.4. The van der Waals surface area contributed by atoms with Gasteiger partial charge in [-0.15, -0.1) is 0 Å². The highest BCUT2D eigenvalue weighted by molar-refractivity contribution is 8.03. The Labute approximate surface area is 68.8 Å². The molecule has 1 rings (SSSR count). The van der Waals surface area contributed by atoms with Gasteiger partial charge in [-0.2, -0.15) is 24.4 Å². The standard InChI is InChI=1S/C5H9NO2S2/c6-3(4(7)8)5(9)1-10-2-5/h3,9H,1-2,6H2,(H,7,8). The number of carboxylic acids is 1. The van der Waals surface area contributed by atoms with Crippen LogP contribution in [0.4, 0.5) is 0 Å². The first-order valence-corrected chi connectivity index (χ1v) is 4.45. The number of thiol groups is 1. The number of aliphatic carboxylic acids is 1. The summed E-state index contributed by atoms with van der Waals surface area (Å²) in [6, 6.07) is -0.822. The fourth-order valence-corrected chi connectivity index (χ4v) is 2.36. The molecule has 5 heteroatoms. The molecule has 0 amide bonds. The largest absolute Gasteiger partial charge is 0.480 e. The SMILES string of the molecule is NC(C(=O)O)C1(S)CSC1. The zero-order valence-electron chi connectivity index (χ0n) is 5.28. The van der Waals surface area contributed by atoms with Crippen LogP contribution < -0.4 is 5.73 Å². The molecule has 1 aliphatic rings. The maximum Gasteiger partial charge on any atom is 0.321 e. The summed E-state index contributed by atoms with van der Waals surface area (Å²) in [5, 5.41) is 8.50. The van der Waals surface area contributed by atoms with Crippen molar-refractivity contribution in [3.63, 3.8) is 0 Å². The lowest BCUT2D eigenvalue weighted by molar-refractivity contribution is -0.139. The first kappa shape index (κ1) is 8.23. The summed E-state index contributed by atoms with van der Waals surface area (Å²) in [6.45, 7) is 0. The van der Waals surface area contributed by atoms with E-state index in [1.165, 1.54) is 0 Å². The summed E-state index contributed by atoms with van der Waals surface area (Å²) >= 11 is 5.85. The van der Waals surface area contributed by atoms with Gasteiger partial charge >= 0.3 is 5.97 Å². The Morgan fingerprint density at radius 1 is 1.80 bits per heavy atom. The highest BCUT2D eigenvalue weighted by Gasteiger charge is 2.43. The molecule has 0 aliphatic carbocycles. The number of hydrogen-bond donors (Lipinski definition) is 3. The van der Waals surface area contributed by atoms with E-state index in [0.717, 1.165) is 11.5 Å². The van der Waals surface area contributed by atoms with E-state index in [-0.39, 0.29) is 0 Å². The smallest absolute Gasteiger partial charge is 0.321 e. The molecule has 58 valence electrons. The van der Waals surface area contributed by atoms with Crippen molar-refractivity contribution in [3.05, 3.63) is 0 Å². The van der Waals surface area contributed by atoms with E-state index in [2.05, 4.69) is 12.6 Å². The number of hydrogen-bond acceptors (Lipinski definition) is 4. The topological polar surface area (TPSA) is 63.3 Å². The number of carbonyl (C=O) groups is 1. The molecule has 10 heavy (non-hydrogen) atoms. The van der Waals surface area contributed by atoms with Crippen LogP contribution in [0, 0.1) is 0 Å². The van der Waals surface area contributed by atoms with Crippen molar-refractivity contribution in [1.29, 1.82) is 0 Å². The van der Waals surface area contributed by atoms with Crippen molar-refractivity contribution in [3.8, 4) is 0 Å². The van der Waals surface area contributed by atoms with E-state index in [4.69, 9.17) is 10.8 Å². The Balaban J connectivity index is 2.54. The number of carboxylic acid groups (broad SMARTS) is 1. The minimum absolute atomic E-state index is 0.462. The van der Waals surface area contributed by atoms with E-state index < -0.39 is 16.8 Å². The lowest BCUT2D eigenvalue weighted by Crippen LogP contribution is -2.57. The normalized spacial score (nSPS) is 25.0. The van der Waals surface area contributed by atoms with Gasteiger partial charge in [0.1, 0.15) is 6.04 Å². The van der Waals surface area contributed by atoms with E-state index >= 15 is 0 Å². The van der Waals surface area contributed by atoms with Crippen LogP contribution in [0.5, 0.6) is 0 Å². The van der Waals surface area contributed by atoms with Crippen LogP contribution in [-0.4, -0.2) is 33.4 Å². The summed E-state index contributed by atoms with van der Waals surface area (Å²) < 4.78 is -0.462. The third-order valence-electron chi connectivity index (χ3n) is 1.55. The van der Waals surface area contributed by atoms with Crippen LogP contribution in [0.3, 0.4) is 0 Å². The molecular weight excluding hydrogens is 170 g/mol. The Hall–Kier alpha value is 0.130. The van der Waals surface area contributed by atoms with Gasteiger partial charge in [0.05, 0.1) is 4.75 Å². The van der Waals surface area contributed by atoms with Crippen LogP contribution >= 0.6 is 24.4 Å². The van der Waals surface area contributed by atoms with Crippen molar-refractivity contribution in [2.45, 2.75) is 10.8 Å². The molecule has 1 fully saturated rings. The lowest BCUT2D eigenvalue weighted by atomic mass is 10.0. The van der Waals surface area contributed by atoms with Gasteiger partial charge in [0.15, 0.2) is 0 Å². The molecule has 1 saturated heterocycles. The molecular formula is C5H9NO2S2. The predicted octanol–water partition coefficient (Wildman–Crippen LogP) is -0.186. The van der Waals surface area contributed by atoms with E-state index in [9.17, 15) is 4.79 Å². The summed E-state index contributed by atoms with van der Waals surface area (Å²) in [6.07, 6.45) is 0. The predicted molar refractivity (Wildman–Crippen MR) is 44.7 cm³/mol. The van der Waals surface area contributed by atoms with E-state index in [1.807, 2.05) is 0 Å². The van der Waals surface area contributed by atoms with Gasteiger partial charge in [-0.3, -0.25) is 4.79 Å². The third kappa shape index (κ3) is 1.26. The molecule has 0 aromatic carbocycles. The summed E-state index contributed by atoms with van der Waals surface area (Å²) in [5.74, 6) is 0.517. The molecule has 1 unspecified atom stereocenters. The van der Waals surface area contributed by atoms with Gasteiger partial charge in [0, 0.05) is 11.5 Å². The van der Waals surface area contributed by atoms with Crippen molar-refractivity contribution < 1.29 is 9.90 Å². The van der Waals surface area contributed by atoms with Crippen molar-refractivity contribution in [2.75, 3.05) is 11.5 Å². The zero-order chi connectivity index (χ0) is 7.78. The molecule has 3 nitrogen and oxygen atoms in total. The fraction of sp³-hybridized carbons (Fsp3) is 0.800. The van der Waals surface area contributed by atoms with Crippen LogP contribution in [0.1, 0.15) is 0 Å². The summed E-state index contributed by atoms with van der Waals surface area (Å²) in [7, 11) is 0. The second kappa shape index (κ2) is 2.64. The van der Waals surface area contributed by atoms with E-state index in [1.54, 1.807) is 11.8 Å². The quantitative estimate of drug-likeness (QED) is 0.514. The zero-order valence-corrected chi connectivity index (χ0v) is 6.99. The average Bonchev–Trinajstić information content (AvgIpc) is 1.81. The average molecular weight is 179 g/mol. The molecule has 3 N–H and O–H groups in total. The maximum absolute atomic E-state index is 10.4. The number of rotatable bonds is 2. The molecule has 1 aliphatic heterocycles. The monoisotopic (exact) mass is 179 g/mol.